The van der Waals surface area contributed by atoms with E-state index in [9.17, 15) is 4.79 Å². The molecule has 0 N–H and O–H groups in total. The normalized spacial score (nSPS) is 15.7. The van der Waals surface area contributed by atoms with Gasteiger partial charge in [0.2, 0.25) is 0 Å². The third kappa shape index (κ3) is 3.64. The van der Waals surface area contributed by atoms with Crippen molar-refractivity contribution in [3.63, 3.8) is 0 Å². The van der Waals surface area contributed by atoms with Gasteiger partial charge in [-0.05, 0) is 6.92 Å². The van der Waals surface area contributed by atoms with E-state index < -0.39 is 0 Å². The highest BCUT2D eigenvalue weighted by molar-refractivity contribution is 6.30. The minimum Gasteiger partial charge on any atom is -0.489 e. The standard InChI is InChI=1S/C16H18ClN3O3/c1-10-15(19-11(2)22-10)16(21)20-5-3-13(4-6-20)23-14-7-12(17)8-18-9-14/h7-9,13H,3-6H2,1-2H3. The third-order valence-corrected chi connectivity index (χ3v) is 4.02. The molecule has 0 radical (unpaired) electrons. The van der Waals surface area contributed by atoms with Gasteiger partial charge < -0.3 is 14.1 Å². The SMILES string of the molecule is Cc1nc(C(=O)N2CCC(Oc3cncc(Cl)c3)CC2)c(C)o1. The van der Waals surface area contributed by atoms with Gasteiger partial charge in [-0.1, -0.05) is 11.6 Å². The lowest BCUT2D eigenvalue weighted by molar-refractivity contribution is 0.0588. The molecule has 3 rings (SSSR count). The van der Waals surface area contributed by atoms with Crippen LogP contribution in [0.5, 0.6) is 5.75 Å². The zero-order valence-corrected chi connectivity index (χ0v) is 13.8. The van der Waals surface area contributed by atoms with Crippen molar-refractivity contribution in [2.24, 2.45) is 0 Å². The van der Waals surface area contributed by atoms with E-state index in [0.29, 0.717) is 41.2 Å². The number of hydrogen-bond acceptors (Lipinski definition) is 5. The van der Waals surface area contributed by atoms with Gasteiger partial charge in [0.1, 0.15) is 17.6 Å². The first-order chi connectivity index (χ1) is 11.0. The second kappa shape index (κ2) is 6.58. The predicted molar refractivity (Wildman–Crippen MR) is 84.8 cm³/mol. The summed E-state index contributed by atoms with van der Waals surface area (Å²) in [7, 11) is 0. The van der Waals surface area contributed by atoms with E-state index in [4.69, 9.17) is 20.8 Å². The number of aromatic nitrogens is 2. The van der Waals surface area contributed by atoms with E-state index in [1.807, 2.05) is 0 Å². The van der Waals surface area contributed by atoms with Crippen LogP contribution in [0.25, 0.3) is 0 Å². The Labute approximate surface area is 139 Å². The average molecular weight is 336 g/mol. The Morgan fingerprint density at radius 1 is 1.35 bits per heavy atom. The summed E-state index contributed by atoms with van der Waals surface area (Å²) in [5, 5.41) is 0.548. The Morgan fingerprint density at radius 3 is 2.70 bits per heavy atom. The molecule has 7 heteroatoms. The fourth-order valence-corrected chi connectivity index (χ4v) is 2.87. The topological polar surface area (TPSA) is 68.5 Å². The molecule has 0 spiro atoms. The monoisotopic (exact) mass is 335 g/mol. The molecule has 0 aliphatic carbocycles. The smallest absolute Gasteiger partial charge is 0.276 e. The molecule has 1 saturated heterocycles. The molecular weight excluding hydrogens is 318 g/mol. The van der Waals surface area contributed by atoms with Crippen molar-refractivity contribution >= 4 is 17.5 Å². The second-order valence-electron chi connectivity index (χ2n) is 5.59. The van der Waals surface area contributed by atoms with Crippen molar-refractivity contribution in [2.45, 2.75) is 32.8 Å². The van der Waals surface area contributed by atoms with Crippen LogP contribution in [0.2, 0.25) is 5.02 Å². The molecule has 0 bridgehead atoms. The van der Waals surface area contributed by atoms with Crippen LogP contribution in [0.1, 0.15) is 35.0 Å². The van der Waals surface area contributed by atoms with Crippen LogP contribution >= 0.6 is 11.6 Å². The van der Waals surface area contributed by atoms with Crippen LogP contribution in [-0.4, -0.2) is 40.0 Å². The Balaban J connectivity index is 1.58. The zero-order chi connectivity index (χ0) is 16.4. The number of rotatable bonds is 3. The van der Waals surface area contributed by atoms with E-state index in [1.165, 1.54) is 0 Å². The lowest BCUT2D eigenvalue weighted by atomic mass is 10.1. The number of pyridine rings is 1. The van der Waals surface area contributed by atoms with Crippen molar-refractivity contribution < 1.29 is 13.9 Å². The maximum Gasteiger partial charge on any atom is 0.276 e. The molecule has 0 atom stereocenters. The predicted octanol–water partition coefficient (Wildman–Crippen LogP) is 3.02. The second-order valence-corrected chi connectivity index (χ2v) is 6.02. The van der Waals surface area contributed by atoms with E-state index in [0.717, 1.165) is 12.8 Å². The largest absolute Gasteiger partial charge is 0.489 e. The van der Waals surface area contributed by atoms with Crippen molar-refractivity contribution in [1.82, 2.24) is 14.9 Å². The highest BCUT2D eigenvalue weighted by Gasteiger charge is 2.27. The first-order valence-electron chi connectivity index (χ1n) is 7.53. The van der Waals surface area contributed by atoms with Crippen LogP contribution in [0.4, 0.5) is 0 Å². The molecule has 1 aliphatic rings. The number of ether oxygens (including phenoxy) is 1. The number of amides is 1. The van der Waals surface area contributed by atoms with Gasteiger partial charge in [-0.25, -0.2) is 4.98 Å². The van der Waals surface area contributed by atoms with Crippen LogP contribution in [0.3, 0.4) is 0 Å². The van der Waals surface area contributed by atoms with Gasteiger partial charge >= 0.3 is 0 Å². The van der Waals surface area contributed by atoms with Crippen molar-refractivity contribution in [3.05, 3.63) is 40.8 Å². The van der Waals surface area contributed by atoms with Gasteiger partial charge in [-0.2, -0.15) is 0 Å². The van der Waals surface area contributed by atoms with Gasteiger partial charge in [0.05, 0.1) is 11.2 Å². The summed E-state index contributed by atoms with van der Waals surface area (Å²) in [5.74, 6) is 1.65. The Bertz CT molecular complexity index is 708. The summed E-state index contributed by atoms with van der Waals surface area (Å²) < 4.78 is 11.2. The fraction of sp³-hybridized carbons (Fsp3) is 0.438. The van der Waals surface area contributed by atoms with Gasteiger partial charge in [0, 0.05) is 45.1 Å². The number of halogens is 1. The fourth-order valence-electron chi connectivity index (χ4n) is 2.70. The van der Waals surface area contributed by atoms with Crippen molar-refractivity contribution in [3.8, 4) is 5.75 Å². The number of carbonyl (C=O) groups is 1. The van der Waals surface area contributed by atoms with Gasteiger partial charge in [-0.15, -0.1) is 0 Å². The molecule has 2 aromatic rings. The van der Waals surface area contributed by atoms with Crippen LogP contribution in [0.15, 0.2) is 22.9 Å². The van der Waals surface area contributed by atoms with Crippen molar-refractivity contribution in [1.29, 1.82) is 0 Å². The molecule has 23 heavy (non-hydrogen) atoms. The highest BCUT2D eigenvalue weighted by Crippen LogP contribution is 2.22. The van der Waals surface area contributed by atoms with Gasteiger partial charge in [-0.3, -0.25) is 9.78 Å². The summed E-state index contributed by atoms with van der Waals surface area (Å²) in [4.78, 5) is 22.4. The lowest BCUT2D eigenvalue weighted by Gasteiger charge is -2.31. The first kappa shape index (κ1) is 15.8. The highest BCUT2D eigenvalue weighted by atomic mass is 35.5. The van der Waals surface area contributed by atoms with E-state index >= 15 is 0 Å². The number of likely N-dealkylation sites (tertiary alicyclic amines) is 1. The molecule has 0 unspecified atom stereocenters. The molecule has 0 saturated carbocycles. The van der Waals surface area contributed by atoms with E-state index in [2.05, 4.69) is 9.97 Å². The average Bonchev–Trinajstić information content (AvgIpc) is 2.86. The summed E-state index contributed by atoms with van der Waals surface area (Å²) in [6, 6.07) is 1.74. The summed E-state index contributed by atoms with van der Waals surface area (Å²) in [6.45, 7) is 4.75. The Morgan fingerprint density at radius 2 is 2.09 bits per heavy atom. The molecule has 122 valence electrons. The maximum atomic E-state index is 12.5. The van der Waals surface area contributed by atoms with Crippen LogP contribution in [0, 0.1) is 13.8 Å². The Kier molecular flexibility index (Phi) is 4.52. The van der Waals surface area contributed by atoms with Crippen LogP contribution in [-0.2, 0) is 0 Å². The van der Waals surface area contributed by atoms with E-state index in [1.54, 1.807) is 37.2 Å². The molecule has 3 heterocycles. The van der Waals surface area contributed by atoms with Crippen molar-refractivity contribution in [2.75, 3.05) is 13.1 Å². The molecule has 2 aromatic heterocycles. The molecule has 1 aliphatic heterocycles. The summed E-state index contributed by atoms with van der Waals surface area (Å²) in [5.41, 5.74) is 0.404. The number of carbonyl (C=O) groups excluding carboxylic acids is 1. The summed E-state index contributed by atoms with van der Waals surface area (Å²) >= 11 is 5.90. The summed E-state index contributed by atoms with van der Waals surface area (Å²) in [6.07, 6.45) is 4.78. The minimum atomic E-state index is -0.0813. The lowest BCUT2D eigenvalue weighted by Crippen LogP contribution is -2.42. The molecule has 1 amide bonds. The van der Waals surface area contributed by atoms with E-state index in [-0.39, 0.29) is 12.0 Å². The first-order valence-corrected chi connectivity index (χ1v) is 7.91. The molecule has 6 nitrogen and oxygen atoms in total. The molecular formula is C16H18ClN3O3. The zero-order valence-electron chi connectivity index (χ0n) is 13.1. The molecule has 0 aromatic carbocycles. The number of hydrogen-bond donors (Lipinski definition) is 0. The maximum absolute atomic E-state index is 12.5. The van der Waals surface area contributed by atoms with Gasteiger partial charge in [0.25, 0.3) is 5.91 Å². The molecule has 1 fully saturated rings. The number of nitrogens with zero attached hydrogens (tertiary/aromatic N) is 3. The quantitative estimate of drug-likeness (QED) is 0.862. The van der Waals surface area contributed by atoms with Crippen LogP contribution < -0.4 is 4.74 Å². The number of piperidine rings is 1. The Hall–Kier alpha value is -2.08. The van der Waals surface area contributed by atoms with Gasteiger partial charge in [0.15, 0.2) is 11.6 Å². The third-order valence-electron chi connectivity index (χ3n) is 3.82. The number of aryl methyl sites for hydroxylation is 2. The number of oxazole rings is 1. The minimum absolute atomic E-state index is 0.0551.